The lowest BCUT2D eigenvalue weighted by Gasteiger charge is -2.37. The van der Waals surface area contributed by atoms with Gasteiger partial charge in [-0.2, -0.15) is 0 Å². The summed E-state index contributed by atoms with van der Waals surface area (Å²) < 4.78 is 14.2. The molecule has 7 nitrogen and oxygen atoms in total. The van der Waals surface area contributed by atoms with Crippen molar-refractivity contribution in [3.05, 3.63) is 130 Å². The minimum absolute atomic E-state index is 0.0444. The molecule has 0 saturated carbocycles. The minimum Gasteiger partial charge on any atom is -0.367 e. The average Bonchev–Trinajstić information content (AvgIpc) is 3.01. The Morgan fingerprint density at radius 2 is 1.45 bits per heavy atom. The van der Waals surface area contributed by atoms with Crippen LogP contribution < -0.4 is 10.2 Å². The zero-order chi connectivity index (χ0) is 29.6. The molecule has 4 aromatic carbocycles. The molecule has 1 aliphatic rings. The smallest absolute Gasteiger partial charge is 0.257 e. The zero-order valence-corrected chi connectivity index (χ0v) is 23.9. The third-order valence-electron chi connectivity index (χ3n) is 7.22. The van der Waals surface area contributed by atoms with Gasteiger partial charge in [-0.15, -0.1) is 0 Å². The van der Waals surface area contributed by atoms with Crippen LogP contribution >= 0.6 is 11.6 Å². The van der Waals surface area contributed by atoms with E-state index in [1.54, 1.807) is 71.4 Å². The molecule has 0 atom stereocenters. The molecule has 0 bridgehead atoms. The Labute approximate surface area is 249 Å². The molecule has 3 amide bonds. The summed E-state index contributed by atoms with van der Waals surface area (Å²) in [5.41, 5.74) is 2.91. The lowest BCUT2D eigenvalue weighted by Crippen LogP contribution is -2.49. The van der Waals surface area contributed by atoms with Gasteiger partial charge in [0.05, 0.1) is 21.7 Å². The van der Waals surface area contributed by atoms with Gasteiger partial charge >= 0.3 is 0 Å². The summed E-state index contributed by atoms with van der Waals surface area (Å²) in [7, 11) is 1.74. The van der Waals surface area contributed by atoms with E-state index in [1.807, 2.05) is 35.2 Å². The first-order chi connectivity index (χ1) is 20.3. The summed E-state index contributed by atoms with van der Waals surface area (Å²) in [6.45, 7) is 2.04. The van der Waals surface area contributed by atoms with Crippen molar-refractivity contribution >= 4 is 40.7 Å². The number of carbonyl (C=O) groups is 3. The lowest BCUT2D eigenvalue weighted by molar-refractivity contribution is 0.0738. The van der Waals surface area contributed by atoms with E-state index < -0.39 is 5.82 Å². The van der Waals surface area contributed by atoms with Gasteiger partial charge in [-0.1, -0.05) is 66.2 Å². The van der Waals surface area contributed by atoms with Crippen molar-refractivity contribution in [2.75, 3.05) is 43.4 Å². The Morgan fingerprint density at radius 3 is 2.14 bits per heavy atom. The summed E-state index contributed by atoms with van der Waals surface area (Å²) in [5, 5.41) is 3.18. The second-order valence-electron chi connectivity index (χ2n) is 10.1. The van der Waals surface area contributed by atoms with Crippen LogP contribution in [-0.4, -0.2) is 60.7 Å². The van der Waals surface area contributed by atoms with Crippen molar-refractivity contribution in [2.24, 2.45) is 0 Å². The van der Waals surface area contributed by atoms with Crippen LogP contribution in [0.1, 0.15) is 36.6 Å². The highest BCUT2D eigenvalue weighted by molar-refractivity contribution is 6.34. The second kappa shape index (κ2) is 12.9. The number of rotatable bonds is 7. The molecule has 0 radical (unpaired) electrons. The quantitative estimate of drug-likeness (QED) is 0.291. The average molecular weight is 585 g/mol. The molecule has 0 aliphatic carbocycles. The Morgan fingerprint density at radius 1 is 0.810 bits per heavy atom. The highest BCUT2D eigenvalue weighted by atomic mass is 35.5. The maximum atomic E-state index is 14.2. The molecule has 1 heterocycles. The Hall–Kier alpha value is -4.69. The van der Waals surface area contributed by atoms with Gasteiger partial charge in [0.2, 0.25) is 0 Å². The molecule has 1 saturated heterocycles. The predicted molar refractivity (Wildman–Crippen MR) is 163 cm³/mol. The van der Waals surface area contributed by atoms with E-state index in [4.69, 9.17) is 11.6 Å². The second-order valence-corrected chi connectivity index (χ2v) is 10.5. The van der Waals surface area contributed by atoms with Crippen LogP contribution in [0.25, 0.3) is 0 Å². The monoisotopic (exact) mass is 584 g/mol. The van der Waals surface area contributed by atoms with E-state index in [0.717, 1.165) is 5.56 Å². The topological polar surface area (TPSA) is 73.0 Å². The van der Waals surface area contributed by atoms with Gasteiger partial charge in [0.25, 0.3) is 17.7 Å². The molecule has 5 rings (SSSR count). The number of nitrogens with one attached hydrogen (secondary N) is 1. The van der Waals surface area contributed by atoms with Gasteiger partial charge in [-0.05, 0) is 48.0 Å². The summed E-state index contributed by atoms with van der Waals surface area (Å²) in [4.78, 5) is 45.0. The fourth-order valence-electron chi connectivity index (χ4n) is 4.99. The van der Waals surface area contributed by atoms with Gasteiger partial charge in [-0.25, -0.2) is 4.39 Å². The predicted octanol–water partition coefficient (Wildman–Crippen LogP) is 5.97. The van der Waals surface area contributed by atoms with Crippen LogP contribution in [0.15, 0.2) is 97.1 Å². The number of benzene rings is 4. The number of anilines is 2. The number of hydrogen-bond acceptors (Lipinski definition) is 4. The van der Waals surface area contributed by atoms with Crippen LogP contribution in [0.5, 0.6) is 0 Å². The molecule has 1 aliphatic heterocycles. The van der Waals surface area contributed by atoms with Gasteiger partial charge in [0, 0.05) is 51.1 Å². The molecular formula is C33H30ClFN4O3. The molecule has 42 heavy (non-hydrogen) atoms. The van der Waals surface area contributed by atoms with Crippen molar-refractivity contribution in [1.82, 2.24) is 9.80 Å². The van der Waals surface area contributed by atoms with Crippen LogP contribution in [0, 0.1) is 5.82 Å². The third kappa shape index (κ3) is 6.44. The van der Waals surface area contributed by atoms with Gasteiger partial charge < -0.3 is 20.0 Å². The molecule has 214 valence electrons. The Bertz CT molecular complexity index is 1610. The Balaban J connectivity index is 1.39. The number of halogens is 2. The van der Waals surface area contributed by atoms with E-state index in [1.165, 1.54) is 12.1 Å². The van der Waals surface area contributed by atoms with Crippen molar-refractivity contribution in [2.45, 2.75) is 6.54 Å². The van der Waals surface area contributed by atoms with Gasteiger partial charge in [0.1, 0.15) is 5.82 Å². The number of hydrogen-bond donors (Lipinski definition) is 1. The van der Waals surface area contributed by atoms with E-state index in [2.05, 4.69) is 5.32 Å². The molecular weight excluding hydrogens is 555 g/mol. The van der Waals surface area contributed by atoms with Crippen LogP contribution in [-0.2, 0) is 6.54 Å². The van der Waals surface area contributed by atoms with Gasteiger partial charge in [-0.3, -0.25) is 14.4 Å². The van der Waals surface area contributed by atoms with E-state index in [9.17, 15) is 18.8 Å². The number of piperazine rings is 1. The van der Waals surface area contributed by atoms with E-state index in [0.29, 0.717) is 60.2 Å². The molecule has 0 aromatic heterocycles. The largest absolute Gasteiger partial charge is 0.367 e. The van der Waals surface area contributed by atoms with Crippen LogP contribution in [0.3, 0.4) is 0 Å². The summed E-state index contributed by atoms with van der Waals surface area (Å²) in [6, 6.07) is 27.6. The van der Waals surface area contributed by atoms with E-state index >= 15 is 0 Å². The standard InChI is InChI=1S/C33H30ClFN4O3/c1-37(22-23-9-3-2-4-10-23)32(41)27-21-24(36-31(40)25-11-5-7-13-28(25)34)15-16-30(27)38-17-19-39(20-18-38)33(42)26-12-6-8-14-29(26)35/h2-16,21H,17-20,22H2,1H3,(H,36,40). The first-order valence-electron chi connectivity index (χ1n) is 13.6. The van der Waals surface area contributed by atoms with Crippen molar-refractivity contribution < 1.29 is 18.8 Å². The van der Waals surface area contributed by atoms with Crippen LogP contribution in [0.4, 0.5) is 15.8 Å². The SMILES string of the molecule is CN(Cc1ccccc1)C(=O)c1cc(NC(=O)c2ccccc2Cl)ccc1N1CCN(C(=O)c2ccccc2F)CC1. The molecule has 0 spiro atoms. The maximum Gasteiger partial charge on any atom is 0.257 e. The van der Waals surface area contributed by atoms with E-state index in [-0.39, 0.29) is 23.3 Å². The normalized spacial score (nSPS) is 13.0. The first-order valence-corrected chi connectivity index (χ1v) is 14.0. The highest BCUT2D eigenvalue weighted by Gasteiger charge is 2.27. The maximum absolute atomic E-state index is 14.2. The molecule has 4 aromatic rings. The fraction of sp³-hybridized carbons (Fsp3) is 0.182. The van der Waals surface area contributed by atoms with Crippen LogP contribution in [0.2, 0.25) is 5.02 Å². The molecule has 1 fully saturated rings. The number of carbonyl (C=O) groups excluding carboxylic acids is 3. The minimum atomic E-state index is -0.548. The molecule has 9 heteroatoms. The zero-order valence-electron chi connectivity index (χ0n) is 23.1. The van der Waals surface area contributed by atoms with Crippen molar-refractivity contribution in [3.63, 3.8) is 0 Å². The highest BCUT2D eigenvalue weighted by Crippen LogP contribution is 2.28. The summed E-state index contributed by atoms with van der Waals surface area (Å²) >= 11 is 6.22. The van der Waals surface area contributed by atoms with Crippen molar-refractivity contribution in [1.29, 1.82) is 0 Å². The molecule has 1 N–H and O–H groups in total. The number of amides is 3. The molecule has 0 unspecified atom stereocenters. The fourth-order valence-corrected chi connectivity index (χ4v) is 5.22. The lowest BCUT2D eigenvalue weighted by atomic mass is 10.1. The summed E-state index contributed by atoms with van der Waals surface area (Å²) in [6.07, 6.45) is 0. The van der Waals surface area contributed by atoms with Crippen molar-refractivity contribution in [3.8, 4) is 0 Å². The Kier molecular flexibility index (Phi) is 8.83. The van der Waals surface area contributed by atoms with Gasteiger partial charge in [0.15, 0.2) is 0 Å². The number of nitrogens with zero attached hydrogens (tertiary/aromatic N) is 3. The third-order valence-corrected chi connectivity index (χ3v) is 7.55. The summed E-state index contributed by atoms with van der Waals surface area (Å²) in [5.74, 6) is -1.50. The first kappa shape index (κ1) is 28.8.